The van der Waals surface area contributed by atoms with E-state index in [2.05, 4.69) is 10.1 Å². The van der Waals surface area contributed by atoms with E-state index in [1.165, 1.54) is 6.07 Å². The van der Waals surface area contributed by atoms with E-state index >= 15 is 0 Å². The van der Waals surface area contributed by atoms with Crippen LogP contribution >= 0.6 is 11.6 Å². The lowest BCUT2D eigenvalue weighted by Crippen LogP contribution is -2.02. The van der Waals surface area contributed by atoms with Gasteiger partial charge in [-0.3, -0.25) is 4.68 Å². The largest absolute Gasteiger partial charge is 0.473 e. The highest BCUT2D eigenvalue weighted by atomic mass is 35.5. The van der Waals surface area contributed by atoms with E-state index < -0.39 is 0 Å². The number of nitrogens with zero attached hydrogens (tertiary/aromatic N) is 3. The third-order valence-corrected chi connectivity index (χ3v) is 3.92. The predicted molar refractivity (Wildman–Crippen MR) is 83.7 cm³/mol. The first-order valence-electron chi connectivity index (χ1n) is 6.84. The maximum atomic E-state index is 13.8. The Hall–Kier alpha value is -2.14. The molecule has 0 radical (unpaired) electrons. The lowest BCUT2D eigenvalue weighted by Gasteiger charge is -2.09. The second kappa shape index (κ2) is 5.57. The molecule has 0 N–H and O–H groups in total. The fraction of sp³-hybridized carbons (Fsp3) is 0.250. The molecule has 0 saturated carbocycles. The standard InChI is InChI=1S/C16H15ClFN3O/c1-9-7-14(19-16-15(9)10(2)20-21(16)3)22-8-11-12(17)5-4-6-13(11)18/h4-7H,8H2,1-3H3. The van der Waals surface area contributed by atoms with Crippen LogP contribution < -0.4 is 4.74 Å². The summed E-state index contributed by atoms with van der Waals surface area (Å²) < 4.78 is 21.1. The highest BCUT2D eigenvalue weighted by Gasteiger charge is 2.13. The molecule has 114 valence electrons. The van der Waals surface area contributed by atoms with E-state index in [0.717, 1.165) is 22.3 Å². The lowest BCUT2D eigenvalue weighted by molar-refractivity contribution is 0.288. The topological polar surface area (TPSA) is 39.9 Å². The van der Waals surface area contributed by atoms with Crippen LogP contribution in [0.1, 0.15) is 16.8 Å². The Morgan fingerprint density at radius 3 is 2.82 bits per heavy atom. The summed E-state index contributed by atoms with van der Waals surface area (Å²) in [5, 5.41) is 5.71. The van der Waals surface area contributed by atoms with Crippen molar-refractivity contribution in [2.24, 2.45) is 7.05 Å². The van der Waals surface area contributed by atoms with Crippen molar-refractivity contribution in [2.75, 3.05) is 0 Å². The van der Waals surface area contributed by atoms with E-state index in [4.69, 9.17) is 16.3 Å². The van der Waals surface area contributed by atoms with Crippen LogP contribution in [-0.4, -0.2) is 14.8 Å². The van der Waals surface area contributed by atoms with E-state index in [1.54, 1.807) is 16.8 Å². The average Bonchev–Trinajstić information content (AvgIpc) is 2.73. The molecule has 2 heterocycles. The van der Waals surface area contributed by atoms with Gasteiger partial charge in [0.25, 0.3) is 0 Å². The van der Waals surface area contributed by atoms with E-state index in [9.17, 15) is 4.39 Å². The summed E-state index contributed by atoms with van der Waals surface area (Å²) in [6, 6.07) is 6.38. The first-order chi connectivity index (χ1) is 10.5. The average molecular weight is 320 g/mol. The first kappa shape index (κ1) is 14.8. The fourth-order valence-electron chi connectivity index (χ4n) is 2.52. The molecule has 22 heavy (non-hydrogen) atoms. The number of fused-ring (bicyclic) bond motifs is 1. The molecule has 2 aromatic heterocycles. The Kier molecular flexibility index (Phi) is 3.74. The Labute approximate surface area is 132 Å². The summed E-state index contributed by atoms with van der Waals surface area (Å²) in [5.74, 6) is 0.0361. The molecule has 0 saturated heterocycles. The van der Waals surface area contributed by atoms with Crippen molar-refractivity contribution < 1.29 is 9.13 Å². The summed E-state index contributed by atoms with van der Waals surface area (Å²) in [4.78, 5) is 4.44. The second-order valence-electron chi connectivity index (χ2n) is 5.17. The molecule has 3 aromatic rings. The van der Waals surface area contributed by atoms with Gasteiger partial charge in [0.05, 0.1) is 10.7 Å². The zero-order valence-electron chi connectivity index (χ0n) is 12.5. The van der Waals surface area contributed by atoms with Crippen molar-refractivity contribution in [3.63, 3.8) is 0 Å². The van der Waals surface area contributed by atoms with Crippen LogP contribution in [0, 0.1) is 19.7 Å². The van der Waals surface area contributed by atoms with Crippen LogP contribution in [0.3, 0.4) is 0 Å². The van der Waals surface area contributed by atoms with Crippen LogP contribution in [0.5, 0.6) is 5.88 Å². The zero-order valence-corrected chi connectivity index (χ0v) is 13.3. The molecular formula is C16H15ClFN3O. The van der Waals surface area contributed by atoms with Crippen molar-refractivity contribution in [1.29, 1.82) is 0 Å². The predicted octanol–water partition coefficient (Wildman–Crippen LogP) is 3.96. The molecule has 0 aliphatic rings. The van der Waals surface area contributed by atoms with E-state index in [0.29, 0.717) is 16.5 Å². The molecule has 3 rings (SSSR count). The Morgan fingerprint density at radius 2 is 2.09 bits per heavy atom. The van der Waals surface area contributed by atoms with Gasteiger partial charge in [0.15, 0.2) is 5.65 Å². The van der Waals surface area contributed by atoms with E-state index in [1.807, 2.05) is 27.0 Å². The van der Waals surface area contributed by atoms with Gasteiger partial charge >= 0.3 is 0 Å². The van der Waals surface area contributed by atoms with Gasteiger partial charge in [-0.25, -0.2) is 4.39 Å². The monoisotopic (exact) mass is 319 g/mol. The minimum atomic E-state index is -0.387. The SMILES string of the molecule is Cc1cc(OCc2c(F)cccc2Cl)nc2c1c(C)nn2C. The number of halogens is 2. The van der Waals surface area contributed by atoms with Crippen molar-refractivity contribution >= 4 is 22.6 Å². The molecule has 0 atom stereocenters. The summed E-state index contributed by atoms with van der Waals surface area (Å²) in [6.07, 6.45) is 0. The lowest BCUT2D eigenvalue weighted by atomic mass is 10.2. The molecule has 1 aromatic carbocycles. The number of pyridine rings is 1. The molecule has 6 heteroatoms. The van der Waals surface area contributed by atoms with Crippen LogP contribution in [0.2, 0.25) is 5.02 Å². The smallest absolute Gasteiger partial charge is 0.215 e. The van der Waals surface area contributed by atoms with Gasteiger partial charge in [0.1, 0.15) is 12.4 Å². The van der Waals surface area contributed by atoms with Crippen molar-refractivity contribution in [1.82, 2.24) is 14.8 Å². The number of aryl methyl sites for hydroxylation is 3. The highest BCUT2D eigenvalue weighted by molar-refractivity contribution is 6.31. The minimum Gasteiger partial charge on any atom is -0.473 e. The van der Waals surface area contributed by atoms with Gasteiger partial charge < -0.3 is 4.74 Å². The van der Waals surface area contributed by atoms with Gasteiger partial charge in [0, 0.05) is 24.1 Å². The van der Waals surface area contributed by atoms with Gasteiger partial charge in [-0.1, -0.05) is 17.7 Å². The highest BCUT2D eigenvalue weighted by Crippen LogP contribution is 2.25. The molecule has 0 fully saturated rings. The molecule has 0 bridgehead atoms. The Balaban J connectivity index is 1.93. The zero-order chi connectivity index (χ0) is 15.9. The van der Waals surface area contributed by atoms with Crippen molar-refractivity contribution in [2.45, 2.75) is 20.5 Å². The first-order valence-corrected chi connectivity index (χ1v) is 7.22. The van der Waals surface area contributed by atoms with Crippen molar-refractivity contribution in [3.8, 4) is 5.88 Å². The number of rotatable bonds is 3. The van der Waals surface area contributed by atoms with Crippen LogP contribution in [0.15, 0.2) is 24.3 Å². The molecule has 0 aliphatic heterocycles. The number of ether oxygens (including phenoxy) is 1. The number of benzene rings is 1. The fourth-order valence-corrected chi connectivity index (χ4v) is 2.74. The summed E-state index contributed by atoms with van der Waals surface area (Å²) in [7, 11) is 1.83. The van der Waals surface area contributed by atoms with Gasteiger partial charge in [-0.2, -0.15) is 10.1 Å². The Morgan fingerprint density at radius 1 is 1.32 bits per heavy atom. The normalized spacial score (nSPS) is 11.1. The van der Waals surface area contributed by atoms with Gasteiger partial charge in [-0.05, 0) is 31.5 Å². The molecule has 0 amide bonds. The molecule has 4 nitrogen and oxygen atoms in total. The quantitative estimate of drug-likeness (QED) is 0.733. The molecule has 0 aliphatic carbocycles. The number of hydrogen-bond acceptors (Lipinski definition) is 3. The van der Waals surface area contributed by atoms with Crippen LogP contribution in [0.25, 0.3) is 11.0 Å². The summed E-state index contributed by atoms with van der Waals surface area (Å²) in [6.45, 7) is 3.94. The maximum Gasteiger partial charge on any atom is 0.215 e. The molecule has 0 spiro atoms. The third kappa shape index (κ3) is 2.52. The van der Waals surface area contributed by atoms with E-state index in [-0.39, 0.29) is 12.4 Å². The molecular weight excluding hydrogens is 305 g/mol. The maximum absolute atomic E-state index is 13.8. The van der Waals surface area contributed by atoms with Crippen molar-refractivity contribution in [3.05, 3.63) is 51.9 Å². The summed E-state index contributed by atoms with van der Waals surface area (Å²) >= 11 is 6.00. The van der Waals surface area contributed by atoms with Crippen LogP contribution in [0.4, 0.5) is 4.39 Å². The Bertz CT molecular complexity index is 840. The van der Waals surface area contributed by atoms with Crippen LogP contribution in [-0.2, 0) is 13.7 Å². The number of aromatic nitrogens is 3. The second-order valence-corrected chi connectivity index (χ2v) is 5.58. The summed E-state index contributed by atoms with van der Waals surface area (Å²) in [5.41, 5.74) is 3.01. The van der Waals surface area contributed by atoms with Gasteiger partial charge in [-0.15, -0.1) is 0 Å². The number of hydrogen-bond donors (Lipinski definition) is 0. The third-order valence-electron chi connectivity index (χ3n) is 3.57. The molecule has 0 unspecified atom stereocenters. The minimum absolute atomic E-state index is 0.0281. The van der Waals surface area contributed by atoms with Gasteiger partial charge in [0.2, 0.25) is 5.88 Å².